The number of hydrogen-bond donors (Lipinski definition) is 1. The predicted molar refractivity (Wildman–Crippen MR) is 96.6 cm³/mol. The van der Waals surface area contributed by atoms with E-state index in [9.17, 15) is 0 Å². The van der Waals surface area contributed by atoms with Crippen LogP contribution in [0.25, 0.3) is 22.0 Å². The molecule has 0 aliphatic carbocycles. The first-order valence-corrected chi connectivity index (χ1v) is 8.53. The highest BCUT2D eigenvalue weighted by Crippen LogP contribution is 2.33. The Balaban J connectivity index is 1.99. The number of aryl methyl sites for hydroxylation is 1. The lowest BCUT2D eigenvalue weighted by atomic mass is 9.99. The SMILES string of the molecule is CCCCCCc1[nH]c2ccccc2c1-c1ccc(Cl)cc1. The highest BCUT2D eigenvalue weighted by atomic mass is 35.5. The van der Waals surface area contributed by atoms with Crippen molar-refractivity contribution in [1.82, 2.24) is 4.98 Å². The molecule has 0 bridgehead atoms. The highest BCUT2D eigenvalue weighted by molar-refractivity contribution is 6.30. The average molecular weight is 312 g/mol. The third-order valence-electron chi connectivity index (χ3n) is 4.20. The number of H-pyrrole nitrogens is 1. The summed E-state index contributed by atoms with van der Waals surface area (Å²) in [4.78, 5) is 3.62. The molecule has 1 nitrogen and oxygen atoms in total. The minimum absolute atomic E-state index is 0.785. The van der Waals surface area contributed by atoms with E-state index >= 15 is 0 Å². The fourth-order valence-corrected chi connectivity index (χ4v) is 3.19. The van der Waals surface area contributed by atoms with E-state index in [2.05, 4.69) is 48.3 Å². The first kappa shape index (κ1) is 15.2. The third-order valence-corrected chi connectivity index (χ3v) is 4.45. The number of hydrogen-bond acceptors (Lipinski definition) is 0. The Hall–Kier alpha value is -1.73. The van der Waals surface area contributed by atoms with Crippen LogP contribution in [0.15, 0.2) is 48.5 Å². The van der Waals surface area contributed by atoms with Crippen LogP contribution in [0.3, 0.4) is 0 Å². The lowest BCUT2D eigenvalue weighted by Gasteiger charge is -2.06. The molecule has 0 saturated heterocycles. The quantitative estimate of drug-likeness (QED) is 0.493. The number of aromatic nitrogens is 1. The summed E-state index contributed by atoms with van der Waals surface area (Å²) in [6.45, 7) is 2.25. The van der Waals surface area contributed by atoms with E-state index in [4.69, 9.17) is 11.6 Å². The highest BCUT2D eigenvalue weighted by Gasteiger charge is 2.12. The Morgan fingerprint density at radius 3 is 2.45 bits per heavy atom. The molecule has 0 aliphatic heterocycles. The van der Waals surface area contributed by atoms with Crippen molar-refractivity contribution in [1.29, 1.82) is 0 Å². The van der Waals surface area contributed by atoms with E-state index in [1.165, 1.54) is 53.4 Å². The standard InChI is InChI=1S/C20H22ClN/c1-2-3-4-5-10-19-20(15-11-13-16(21)14-12-15)17-8-6-7-9-18(17)22-19/h6-9,11-14,22H,2-5,10H2,1H3. The number of halogens is 1. The van der Waals surface area contributed by atoms with Crippen LogP contribution in [-0.2, 0) is 6.42 Å². The average Bonchev–Trinajstić information content (AvgIpc) is 2.91. The van der Waals surface area contributed by atoms with Crippen molar-refractivity contribution >= 4 is 22.5 Å². The summed E-state index contributed by atoms with van der Waals surface area (Å²) < 4.78 is 0. The van der Waals surface area contributed by atoms with E-state index in [-0.39, 0.29) is 0 Å². The Labute approximate surface area is 137 Å². The Morgan fingerprint density at radius 2 is 1.68 bits per heavy atom. The molecular weight excluding hydrogens is 290 g/mol. The van der Waals surface area contributed by atoms with Gasteiger partial charge in [-0.15, -0.1) is 0 Å². The van der Waals surface area contributed by atoms with Crippen LogP contribution in [0.2, 0.25) is 5.02 Å². The number of rotatable bonds is 6. The third kappa shape index (κ3) is 3.20. The van der Waals surface area contributed by atoms with Gasteiger partial charge in [-0.25, -0.2) is 0 Å². The smallest absolute Gasteiger partial charge is 0.0462 e. The van der Waals surface area contributed by atoms with Crippen LogP contribution in [0.5, 0.6) is 0 Å². The molecule has 1 N–H and O–H groups in total. The number of benzene rings is 2. The molecule has 1 aromatic heterocycles. The van der Waals surface area contributed by atoms with Crippen LogP contribution in [0.4, 0.5) is 0 Å². The summed E-state index contributed by atoms with van der Waals surface area (Å²) in [6, 6.07) is 16.7. The maximum absolute atomic E-state index is 6.04. The largest absolute Gasteiger partial charge is 0.358 e. The fraction of sp³-hybridized carbons (Fsp3) is 0.300. The molecule has 2 heteroatoms. The van der Waals surface area contributed by atoms with E-state index in [0.29, 0.717) is 0 Å². The second kappa shape index (κ2) is 7.02. The van der Waals surface area contributed by atoms with Gasteiger partial charge in [-0.3, -0.25) is 0 Å². The number of para-hydroxylation sites is 1. The topological polar surface area (TPSA) is 15.8 Å². The molecular formula is C20H22ClN. The predicted octanol–water partition coefficient (Wildman–Crippen LogP) is 6.61. The van der Waals surface area contributed by atoms with Gasteiger partial charge in [0.1, 0.15) is 0 Å². The number of nitrogens with one attached hydrogen (secondary N) is 1. The molecule has 0 amide bonds. The molecule has 0 atom stereocenters. The molecule has 0 saturated carbocycles. The van der Waals surface area contributed by atoms with Crippen molar-refractivity contribution in [3.05, 3.63) is 59.2 Å². The van der Waals surface area contributed by atoms with Crippen LogP contribution in [0.1, 0.15) is 38.3 Å². The van der Waals surface area contributed by atoms with Crippen LogP contribution in [-0.4, -0.2) is 4.98 Å². The van der Waals surface area contributed by atoms with Crippen molar-refractivity contribution in [3.63, 3.8) is 0 Å². The summed E-state index contributed by atoms with van der Waals surface area (Å²) in [7, 11) is 0. The van der Waals surface area contributed by atoms with Gasteiger partial charge >= 0.3 is 0 Å². The van der Waals surface area contributed by atoms with Gasteiger partial charge in [0.25, 0.3) is 0 Å². The van der Waals surface area contributed by atoms with Gasteiger partial charge < -0.3 is 4.98 Å². The normalized spacial score (nSPS) is 11.2. The van der Waals surface area contributed by atoms with Crippen LogP contribution >= 0.6 is 11.6 Å². The zero-order valence-corrected chi connectivity index (χ0v) is 13.8. The summed E-state index contributed by atoms with van der Waals surface area (Å²) in [5.41, 5.74) is 5.15. The molecule has 0 aliphatic rings. The van der Waals surface area contributed by atoms with E-state index in [1.807, 2.05) is 12.1 Å². The van der Waals surface area contributed by atoms with Gasteiger partial charge in [-0.2, -0.15) is 0 Å². The van der Waals surface area contributed by atoms with Crippen molar-refractivity contribution in [2.24, 2.45) is 0 Å². The summed E-state index contributed by atoms with van der Waals surface area (Å²) in [5.74, 6) is 0. The van der Waals surface area contributed by atoms with Crippen molar-refractivity contribution in [2.75, 3.05) is 0 Å². The number of aromatic amines is 1. The van der Waals surface area contributed by atoms with Crippen molar-refractivity contribution < 1.29 is 0 Å². The molecule has 22 heavy (non-hydrogen) atoms. The van der Waals surface area contributed by atoms with E-state index in [0.717, 1.165) is 11.4 Å². The molecule has 0 unspecified atom stereocenters. The fourth-order valence-electron chi connectivity index (χ4n) is 3.06. The number of unbranched alkanes of at least 4 members (excludes halogenated alkanes) is 3. The Kier molecular flexibility index (Phi) is 4.84. The second-order valence-corrected chi connectivity index (χ2v) is 6.28. The first-order valence-electron chi connectivity index (χ1n) is 8.15. The van der Waals surface area contributed by atoms with Crippen molar-refractivity contribution in [3.8, 4) is 11.1 Å². The lowest BCUT2D eigenvalue weighted by Crippen LogP contribution is -1.89. The first-order chi connectivity index (χ1) is 10.8. The zero-order valence-electron chi connectivity index (χ0n) is 13.0. The maximum atomic E-state index is 6.04. The van der Waals surface area contributed by atoms with Gasteiger partial charge in [-0.05, 0) is 36.6 Å². The summed E-state index contributed by atoms with van der Waals surface area (Å²) >= 11 is 6.04. The summed E-state index contributed by atoms with van der Waals surface area (Å²) in [5, 5.41) is 2.09. The number of fused-ring (bicyclic) bond motifs is 1. The lowest BCUT2D eigenvalue weighted by molar-refractivity contribution is 0.663. The molecule has 3 aromatic rings. The maximum Gasteiger partial charge on any atom is 0.0462 e. The van der Waals surface area contributed by atoms with Gasteiger partial charge in [0, 0.05) is 27.2 Å². The molecule has 0 fully saturated rings. The molecule has 114 valence electrons. The van der Waals surface area contributed by atoms with E-state index < -0.39 is 0 Å². The van der Waals surface area contributed by atoms with Gasteiger partial charge in [-0.1, -0.05) is 68.1 Å². The minimum atomic E-state index is 0.785. The van der Waals surface area contributed by atoms with Crippen LogP contribution in [0, 0.1) is 0 Å². The molecule has 0 spiro atoms. The Morgan fingerprint density at radius 1 is 0.909 bits per heavy atom. The Bertz CT molecular complexity index is 740. The van der Waals surface area contributed by atoms with Gasteiger partial charge in [0.2, 0.25) is 0 Å². The monoisotopic (exact) mass is 311 g/mol. The van der Waals surface area contributed by atoms with Gasteiger partial charge in [0.05, 0.1) is 0 Å². The van der Waals surface area contributed by atoms with E-state index in [1.54, 1.807) is 0 Å². The van der Waals surface area contributed by atoms with Crippen molar-refractivity contribution in [2.45, 2.75) is 39.0 Å². The second-order valence-electron chi connectivity index (χ2n) is 5.84. The summed E-state index contributed by atoms with van der Waals surface area (Å²) in [6.07, 6.45) is 6.23. The molecule has 0 radical (unpaired) electrons. The minimum Gasteiger partial charge on any atom is -0.358 e. The molecule has 3 rings (SSSR count). The van der Waals surface area contributed by atoms with Crippen LogP contribution < -0.4 is 0 Å². The zero-order chi connectivity index (χ0) is 15.4. The molecule has 2 aromatic carbocycles. The molecule has 1 heterocycles. The van der Waals surface area contributed by atoms with Gasteiger partial charge in [0.15, 0.2) is 0 Å².